The summed E-state index contributed by atoms with van der Waals surface area (Å²) >= 11 is 0. The topological polar surface area (TPSA) is 182 Å². The van der Waals surface area contributed by atoms with Crippen LogP contribution in [-0.2, 0) is 40.4 Å². The van der Waals surface area contributed by atoms with Gasteiger partial charge >= 0.3 is 12.1 Å². The number of fused-ring (bicyclic) bond motifs is 1. The number of unbranched alkanes of at least 4 members (excludes halogenated alkanes) is 3. The molecule has 3 N–H and O–H groups in total. The van der Waals surface area contributed by atoms with Gasteiger partial charge in [-0.25, -0.2) is 18.0 Å². The Hall–Kier alpha value is -4.40. The Morgan fingerprint density at radius 2 is 1.78 bits per heavy atom. The van der Waals surface area contributed by atoms with Crippen molar-refractivity contribution in [2.45, 2.75) is 101 Å². The molecule has 0 radical (unpaired) electrons. The maximum absolute atomic E-state index is 13.7. The number of likely N-dealkylation sites (tertiary alicyclic amines) is 1. The van der Waals surface area contributed by atoms with Crippen molar-refractivity contribution in [3.05, 3.63) is 48.7 Å². The number of ether oxygens (including phenoxy) is 2. The molecular formula is C36H49N5O9S. The fourth-order valence-electron chi connectivity index (χ4n) is 6.80. The van der Waals surface area contributed by atoms with Gasteiger partial charge in [0, 0.05) is 29.9 Å². The highest BCUT2D eigenvalue weighted by molar-refractivity contribution is 7.91. The summed E-state index contributed by atoms with van der Waals surface area (Å²) in [4.78, 5) is 66.9. The summed E-state index contributed by atoms with van der Waals surface area (Å²) < 4.78 is 39.3. The Bertz CT molecular complexity index is 1770. The van der Waals surface area contributed by atoms with E-state index >= 15 is 0 Å². The molecule has 2 aliphatic carbocycles. The number of nitrogens with zero attached hydrogens (tertiary/aromatic N) is 2. The molecule has 4 amide bonds. The Kier molecular flexibility index (Phi) is 11.8. The van der Waals surface area contributed by atoms with E-state index in [0.29, 0.717) is 44.3 Å². The number of aryl methyl sites for hydroxylation is 1. The normalized spacial score (nSPS) is 21.9. The molecule has 2 aromatic rings. The van der Waals surface area contributed by atoms with E-state index in [-0.39, 0.29) is 31.5 Å². The zero-order valence-corrected chi connectivity index (χ0v) is 30.3. The molecule has 1 aliphatic heterocycles. The third kappa shape index (κ3) is 8.57. The van der Waals surface area contributed by atoms with Crippen LogP contribution in [0, 0.1) is 11.8 Å². The smallest absolute Gasteiger partial charge is 0.407 e. The van der Waals surface area contributed by atoms with E-state index in [2.05, 4.69) is 21.9 Å². The van der Waals surface area contributed by atoms with Crippen molar-refractivity contribution in [3.8, 4) is 0 Å². The maximum atomic E-state index is 13.7. The van der Waals surface area contributed by atoms with Crippen LogP contribution in [0.3, 0.4) is 0 Å². The van der Waals surface area contributed by atoms with Crippen LogP contribution in [0.15, 0.2) is 43.0 Å². The molecule has 1 aromatic heterocycles. The zero-order valence-electron chi connectivity index (χ0n) is 29.5. The van der Waals surface area contributed by atoms with Crippen LogP contribution in [0.2, 0.25) is 0 Å². The maximum Gasteiger partial charge on any atom is 0.407 e. The minimum absolute atomic E-state index is 0.157. The summed E-state index contributed by atoms with van der Waals surface area (Å²) in [6.07, 6.45) is 5.91. The molecule has 51 heavy (non-hydrogen) atoms. The van der Waals surface area contributed by atoms with E-state index in [4.69, 9.17) is 9.47 Å². The van der Waals surface area contributed by atoms with Gasteiger partial charge in [0.25, 0.3) is 5.91 Å². The number of methoxy groups -OCH3 is 1. The van der Waals surface area contributed by atoms with Crippen LogP contribution in [-0.4, -0.2) is 90.8 Å². The summed E-state index contributed by atoms with van der Waals surface area (Å²) in [6.45, 7) is 8.37. The number of sulfonamides is 1. The number of rotatable bonds is 17. The minimum Gasteiger partial charge on any atom is -0.464 e. The molecule has 3 fully saturated rings. The SMILES string of the molecule is C=C[C@@H]1C[C@]1(NC(=O)[C@@H]1CCCN1C(=O)[C@@H](NC(=O)OCCCCCCn1c(C(=O)OC)cc2ccccc21)C(C)C)C(=O)NS(=O)(=O)C1CC1. The van der Waals surface area contributed by atoms with Gasteiger partial charge < -0.3 is 29.6 Å². The molecule has 3 aliphatic rings. The molecule has 0 unspecified atom stereocenters. The molecule has 2 heterocycles. The van der Waals surface area contributed by atoms with Crippen molar-refractivity contribution in [2.75, 3.05) is 20.3 Å². The number of hydrogen-bond acceptors (Lipinski definition) is 9. The average Bonchev–Trinajstić information content (AvgIpc) is 4.00. The van der Waals surface area contributed by atoms with Gasteiger partial charge in [-0.05, 0) is 69.4 Å². The van der Waals surface area contributed by atoms with Crippen LogP contribution >= 0.6 is 0 Å². The number of esters is 1. The van der Waals surface area contributed by atoms with Gasteiger partial charge in [0.1, 0.15) is 23.3 Å². The molecule has 15 heteroatoms. The number of nitrogens with one attached hydrogen (secondary N) is 3. The molecule has 0 spiro atoms. The van der Waals surface area contributed by atoms with Gasteiger partial charge in [0.2, 0.25) is 21.8 Å². The fourth-order valence-corrected chi connectivity index (χ4v) is 8.16. The third-order valence-electron chi connectivity index (χ3n) is 10.0. The van der Waals surface area contributed by atoms with Crippen molar-refractivity contribution >= 4 is 50.7 Å². The molecule has 1 aromatic carbocycles. The molecular weight excluding hydrogens is 678 g/mol. The van der Waals surface area contributed by atoms with E-state index in [0.717, 1.165) is 30.2 Å². The second-order valence-corrected chi connectivity index (χ2v) is 16.0. The van der Waals surface area contributed by atoms with Gasteiger partial charge in [-0.3, -0.25) is 19.1 Å². The monoisotopic (exact) mass is 727 g/mol. The molecule has 14 nitrogen and oxygen atoms in total. The molecule has 1 saturated heterocycles. The first-order valence-corrected chi connectivity index (χ1v) is 19.3. The highest BCUT2D eigenvalue weighted by Gasteiger charge is 2.61. The molecule has 0 bridgehead atoms. The first-order valence-electron chi connectivity index (χ1n) is 17.7. The van der Waals surface area contributed by atoms with Crippen LogP contribution in [0.25, 0.3) is 10.9 Å². The fraction of sp³-hybridized carbons (Fsp3) is 0.583. The summed E-state index contributed by atoms with van der Waals surface area (Å²) in [7, 11) is -2.46. The van der Waals surface area contributed by atoms with E-state index in [1.807, 2.05) is 34.9 Å². The average molecular weight is 728 g/mol. The van der Waals surface area contributed by atoms with E-state index in [1.165, 1.54) is 18.1 Å². The van der Waals surface area contributed by atoms with E-state index in [1.54, 1.807) is 13.8 Å². The number of amides is 4. The van der Waals surface area contributed by atoms with Crippen molar-refractivity contribution < 1.29 is 41.9 Å². The predicted octanol–water partition coefficient (Wildman–Crippen LogP) is 3.40. The number of para-hydroxylation sites is 1. The Morgan fingerprint density at radius 1 is 1.06 bits per heavy atom. The minimum atomic E-state index is -3.82. The second kappa shape index (κ2) is 15.9. The van der Waals surface area contributed by atoms with Gasteiger partial charge in [-0.2, -0.15) is 0 Å². The van der Waals surface area contributed by atoms with Gasteiger partial charge in [0.15, 0.2) is 0 Å². The van der Waals surface area contributed by atoms with Gasteiger partial charge in [-0.15, -0.1) is 6.58 Å². The summed E-state index contributed by atoms with van der Waals surface area (Å²) in [5, 5.41) is 5.79. The number of alkyl carbamates (subject to hydrolysis) is 1. The third-order valence-corrected chi connectivity index (χ3v) is 11.8. The number of carbonyl (C=O) groups is 5. The van der Waals surface area contributed by atoms with Crippen LogP contribution < -0.4 is 15.4 Å². The van der Waals surface area contributed by atoms with Crippen molar-refractivity contribution in [1.29, 1.82) is 0 Å². The Labute approximate surface area is 298 Å². The highest BCUT2D eigenvalue weighted by atomic mass is 32.2. The number of benzene rings is 1. The van der Waals surface area contributed by atoms with Crippen molar-refractivity contribution in [2.24, 2.45) is 11.8 Å². The second-order valence-electron chi connectivity index (χ2n) is 14.0. The molecule has 278 valence electrons. The van der Waals surface area contributed by atoms with Crippen LogP contribution in [0.4, 0.5) is 4.79 Å². The number of hydrogen-bond donors (Lipinski definition) is 3. The largest absolute Gasteiger partial charge is 0.464 e. The lowest BCUT2D eigenvalue weighted by Crippen LogP contribution is -2.59. The standard InChI is InChI=1S/C36H49N5O9S/c1-5-25-22-36(25,34(45)39-51(47,48)26-16-17-26)38-31(42)28-15-12-19-41(28)32(43)30(23(2)3)37-35(46)50-20-11-7-6-10-18-40-27-14-9-8-13-24(27)21-29(40)33(44)49-4/h5,8-9,13-14,21,23,25-26,28,30H,1,6-7,10-12,15-20,22H2,2-4H3,(H,37,46)(H,38,42)(H,39,45)/t25-,28+,30+,36-/m1/s1. The molecule has 4 atom stereocenters. The van der Waals surface area contributed by atoms with Gasteiger partial charge in [0.05, 0.1) is 19.0 Å². The van der Waals surface area contributed by atoms with E-state index < -0.39 is 62.6 Å². The lowest BCUT2D eigenvalue weighted by Gasteiger charge is -2.31. The summed E-state index contributed by atoms with van der Waals surface area (Å²) in [5.41, 5.74) is 0.0248. The first-order chi connectivity index (χ1) is 24.3. The lowest BCUT2D eigenvalue weighted by molar-refractivity contribution is -0.141. The Balaban J connectivity index is 1.08. The van der Waals surface area contributed by atoms with Crippen molar-refractivity contribution in [3.63, 3.8) is 0 Å². The Morgan fingerprint density at radius 3 is 2.45 bits per heavy atom. The summed E-state index contributed by atoms with van der Waals surface area (Å²) in [6, 6.07) is 7.77. The summed E-state index contributed by atoms with van der Waals surface area (Å²) in [5.74, 6) is -2.93. The lowest BCUT2D eigenvalue weighted by atomic mass is 10.0. The molecule has 5 rings (SSSR count). The number of aromatic nitrogens is 1. The zero-order chi connectivity index (χ0) is 36.9. The number of carbonyl (C=O) groups excluding carboxylic acids is 5. The highest BCUT2D eigenvalue weighted by Crippen LogP contribution is 2.45. The van der Waals surface area contributed by atoms with Crippen LogP contribution in [0.1, 0.15) is 82.1 Å². The first kappa shape index (κ1) is 37.8. The quantitative estimate of drug-likeness (QED) is 0.125. The van der Waals surface area contributed by atoms with Crippen molar-refractivity contribution in [1.82, 2.24) is 24.8 Å². The van der Waals surface area contributed by atoms with Gasteiger partial charge in [-0.1, -0.05) is 44.5 Å². The van der Waals surface area contributed by atoms with E-state index in [9.17, 15) is 32.4 Å². The predicted molar refractivity (Wildman–Crippen MR) is 189 cm³/mol. The van der Waals surface area contributed by atoms with Crippen LogP contribution in [0.5, 0.6) is 0 Å². The molecule has 2 saturated carbocycles.